The zero-order chi connectivity index (χ0) is 17.8. The lowest BCUT2D eigenvalue weighted by Crippen LogP contribution is -2.22. The molecule has 3 aromatic rings. The van der Waals surface area contributed by atoms with Crippen LogP contribution in [0, 0.1) is 6.92 Å². The van der Waals surface area contributed by atoms with Gasteiger partial charge in [-0.1, -0.05) is 23.2 Å². The molecule has 0 bridgehead atoms. The summed E-state index contributed by atoms with van der Waals surface area (Å²) in [5, 5.41) is 6.73. The fourth-order valence-corrected chi connectivity index (χ4v) is 3.42. The van der Waals surface area contributed by atoms with Gasteiger partial charge in [0.2, 0.25) is 5.91 Å². The maximum atomic E-state index is 11.9. The molecule has 1 amide bonds. The van der Waals surface area contributed by atoms with Crippen LogP contribution in [0.15, 0.2) is 34.2 Å². The largest absolute Gasteiger partial charge is 0.441 e. The second-order valence-electron chi connectivity index (χ2n) is 5.40. The summed E-state index contributed by atoms with van der Waals surface area (Å²) in [6.07, 6.45) is 2.30. The fourth-order valence-electron chi connectivity index (χ4n) is 2.21. The smallest absolute Gasteiger partial charge is 0.220 e. The molecule has 0 aliphatic carbocycles. The van der Waals surface area contributed by atoms with Gasteiger partial charge in [0.05, 0.1) is 17.8 Å². The van der Waals surface area contributed by atoms with Crippen molar-refractivity contribution >= 4 is 40.4 Å². The van der Waals surface area contributed by atoms with Crippen LogP contribution in [0.2, 0.25) is 10.0 Å². The first-order valence-corrected chi connectivity index (χ1v) is 9.22. The van der Waals surface area contributed by atoms with Crippen molar-refractivity contribution in [2.75, 3.05) is 0 Å². The third-order valence-electron chi connectivity index (χ3n) is 3.42. The molecule has 0 radical (unpaired) electrons. The van der Waals surface area contributed by atoms with E-state index >= 15 is 0 Å². The number of oxazole rings is 1. The van der Waals surface area contributed by atoms with Crippen LogP contribution < -0.4 is 5.32 Å². The third-order valence-corrected chi connectivity index (χ3v) is 4.93. The molecular weight excluding hydrogens is 381 g/mol. The number of hydrogen-bond donors (Lipinski definition) is 1. The summed E-state index contributed by atoms with van der Waals surface area (Å²) in [5.74, 6) is 0.966. The zero-order valence-electron chi connectivity index (χ0n) is 13.4. The fraction of sp³-hybridized carbons (Fsp3) is 0.235. The Morgan fingerprint density at radius 1 is 1.36 bits per heavy atom. The van der Waals surface area contributed by atoms with Gasteiger partial charge in [-0.3, -0.25) is 4.79 Å². The average molecular weight is 396 g/mol. The molecule has 130 valence electrons. The molecule has 5 nitrogen and oxygen atoms in total. The van der Waals surface area contributed by atoms with Gasteiger partial charge in [0.1, 0.15) is 5.01 Å². The summed E-state index contributed by atoms with van der Waals surface area (Å²) in [5.41, 5.74) is 1.68. The Kier molecular flexibility index (Phi) is 5.73. The molecule has 3 rings (SSSR count). The zero-order valence-corrected chi connectivity index (χ0v) is 15.7. The van der Waals surface area contributed by atoms with Crippen molar-refractivity contribution in [3.63, 3.8) is 0 Å². The predicted molar refractivity (Wildman–Crippen MR) is 99.0 cm³/mol. The molecule has 0 fully saturated rings. The van der Waals surface area contributed by atoms with E-state index in [-0.39, 0.29) is 5.91 Å². The number of nitrogens with one attached hydrogen (secondary N) is 1. The highest BCUT2D eigenvalue weighted by molar-refractivity contribution is 7.09. The number of rotatable bonds is 6. The molecule has 0 aliphatic rings. The predicted octanol–water partition coefficient (Wildman–Crippen LogP) is 4.66. The van der Waals surface area contributed by atoms with Crippen molar-refractivity contribution in [2.24, 2.45) is 0 Å². The molecule has 25 heavy (non-hydrogen) atoms. The van der Waals surface area contributed by atoms with Crippen molar-refractivity contribution in [1.29, 1.82) is 0 Å². The molecule has 0 saturated heterocycles. The summed E-state index contributed by atoms with van der Waals surface area (Å²) in [6.45, 7) is 2.36. The van der Waals surface area contributed by atoms with Crippen LogP contribution in [0.25, 0.3) is 11.3 Å². The van der Waals surface area contributed by atoms with Crippen LogP contribution in [0.1, 0.15) is 23.0 Å². The molecule has 2 aromatic heterocycles. The number of nitrogens with zero attached hydrogens (tertiary/aromatic N) is 2. The quantitative estimate of drug-likeness (QED) is 0.658. The number of amides is 1. The lowest BCUT2D eigenvalue weighted by molar-refractivity contribution is -0.121. The second-order valence-corrected chi connectivity index (χ2v) is 7.19. The van der Waals surface area contributed by atoms with E-state index in [1.54, 1.807) is 24.4 Å². The SMILES string of the molecule is Cc1csc(CNC(=O)CCc2ncc(-c3ccc(Cl)cc3Cl)o2)n1. The molecule has 2 heterocycles. The second kappa shape index (κ2) is 7.99. The van der Waals surface area contributed by atoms with Crippen molar-refractivity contribution in [1.82, 2.24) is 15.3 Å². The van der Waals surface area contributed by atoms with E-state index in [0.717, 1.165) is 10.7 Å². The third kappa shape index (κ3) is 4.81. The average Bonchev–Trinajstić information content (AvgIpc) is 3.20. The molecule has 1 aromatic carbocycles. The maximum absolute atomic E-state index is 11.9. The molecule has 0 spiro atoms. The standard InChI is InChI=1S/C17H15Cl2N3O2S/c1-10-9-25-17(22-10)8-20-15(23)4-5-16-21-7-14(24-16)12-3-2-11(18)6-13(12)19/h2-3,6-7,9H,4-5,8H2,1H3,(H,20,23). The van der Waals surface area contributed by atoms with E-state index in [0.29, 0.717) is 46.6 Å². The van der Waals surface area contributed by atoms with E-state index in [2.05, 4.69) is 15.3 Å². The molecule has 0 unspecified atom stereocenters. The maximum Gasteiger partial charge on any atom is 0.220 e. The normalized spacial score (nSPS) is 10.8. The molecule has 8 heteroatoms. The number of carbonyl (C=O) groups is 1. The van der Waals surface area contributed by atoms with Crippen LogP contribution in [-0.2, 0) is 17.8 Å². The van der Waals surface area contributed by atoms with Crippen LogP contribution in [-0.4, -0.2) is 15.9 Å². The first kappa shape index (κ1) is 17.9. The molecule has 0 aliphatic heterocycles. The molecule has 0 saturated carbocycles. The van der Waals surface area contributed by atoms with Crippen LogP contribution in [0.5, 0.6) is 0 Å². The lowest BCUT2D eigenvalue weighted by Gasteiger charge is -2.02. The minimum Gasteiger partial charge on any atom is -0.441 e. The molecular formula is C17H15Cl2N3O2S. The van der Waals surface area contributed by atoms with Gasteiger partial charge in [-0.2, -0.15) is 0 Å². The molecule has 0 atom stereocenters. The van der Waals surface area contributed by atoms with E-state index in [1.807, 2.05) is 12.3 Å². The monoisotopic (exact) mass is 395 g/mol. The Hall–Kier alpha value is -1.89. The minimum atomic E-state index is -0.0721. The number of aromatic nitrogens is 2. The van der Waals surface area contributed by atoms with Crippen LogP contribution >= 0.6 is 34.5 Å². The van der Waals surface area contributed by atoms with Gasteiger partial charge < -0.3 is 9.73 Å². The topological polar surface area (TPSA) is 68.0 Å². The van der Waals surface area contributed by atoms with Crippen LogP contribution in [0.3, 0.4) is 0 Å². The Balaban J connectivity index is 1.53. The van der Waals surface area contributed by atoms with Crippen molar-refractivity contribution in [3.05, 3.63) is 56.4 Å². The highest BCUT2D eigenvalue weighted by Crippen LogP contribution is 2.30. The Labute approximate surface area is 159 Å². The number of carbonyl (C=O) groups excluding carboxylic acids is 1. The highest BCUT2D eigenvalue weighted by atomic mass is 35.5. The van der Waals surface area contributed by atoms with Gasteiger partial charge in [-0.25, -0.2) is 9.97 Å². The van der Waals surface area contributed by atoms with Gasteiger partial charge in [-0.15, -0.1) is 11.3 Å². The number of halogens is 2. The Morgan fingerprint density at radius 3 is 2.92 bits per heavy atom. The first-order valence-electron chi connectivity index (χ1n) is 7.59. The Bertz CT molecular complexity index is 892. The van der Waals surface area contributed by atoms with E-state index < -0.39 is 0 Å². The van der Waals surface area contributed by atoms with Gasteiger partial charge in [0.15, 0.2) is 11.7 Å². The number of hydrogen-bond acceptors (Lipinski definition) is 5. The summed E-state index contributed by atoms with van der Waals surface area (Å²) in [6, 6.07) is 5.16. The number of aryl methyl sites for hydroxylation is 2. The Morgan fingerprint density at radius 2 is 2.20 bits per heavy atom. The highest BCUT2D eigenvalue weighted by Gasteiger charge is 2.12. The van der Waals surface area contributed by atoms with Gasteiger partial charge in [0.25, 0.3) is 0 Å². The lowest BCUT2D eigenvalue weighted by atomic mass is 10.2. The summed E-state index contributed by atoms with van der Waals surface area (Å²) >= 11 is 13.6. The summed E-state index contributed by atoms with van der Waals surface area (Å²) in [7, 11) is 0. The minimum absolute atomic E-state index is 0.0721. The van der Waals surface area contributed by atoms with Gasteiger partial charge >= 0.3 is 0 Å². The van der Waals surface area contributed by atoms with Gasteiger partial charge in [0, 0.05) is 34.5 Å². The van der Waals surface area contributed by atoms with E-state index in [1.165, 1.54) is 11.3 Å². The number of thiazole rings is 1. The van der Waals surface area contributed by atoms with Crippen molar-refractivity contribution in [3.8, 4) is 11.3 Å². The van der Waals surface area contributed by atoms with Crippen LogP contribution in [0.4, 0.5) is 0 Å². The molecule has 1 N–H and O–H groups in total. The first-order chi connectivity index (χ1) is 12.0. The van der Waals surface area contributed by atoms with Crippen molar-refractivity contribution < 1.29 is 9.21 Å². The summed E-state index contributed by atoms with van der Waals surface area (Å²) < 4.78 is 5.68. The van der Waals surface area contributed by atoms with E-state index in [9.17, 15) is 4.79 Å². The van der Waals surface area contributed by atoms with Gasteiger partial charge in [-0.05, 0) is 25.1 Å². The van der Waals surface area contributed by atoms with Crippen molar-refractivity contribution in [2.45, 2.75) is 26.3 Å². The summed E-state index contributed by atoms with van der Waals surface area (Å²) in [4.78, 5) is 20.4. The number of benzene rings is 1. The van der Waals surface area contributed by atoms with E-state index in [4.69, 9.17) is 27.6 Å².